The van der Waals surface area contributed by atoms with Crippen LogP contribution in [0.2, 0.25) is 0 Å². The Balaban J connectivity index is 1.23. The first-order valence-electron chi connectivity index (χ1n) is 10.5. The second-order valence-electron chi connectivity index (χ2n) is 9.47. The number of piperidine rings is 1. The lowest BCUT2D eigenvalue weighted by Gasteiger charge is -2.37. The molecule has 3 fully saturated rings. The molecule has 2 amide bonds. The Morgan fingerprint density at radius 3 is 2.37 bits per heavy atom. The Bertz CT molecular complexity index is 739. The molecule has 2 saturated carbocycles. The van der Waals surface area contributed by atoms with E-state index in [4.69, 9.17) is 0 Å². The molecule has 27 heavy (non-hydrogen) atoms. The van der Waals surface area contributed by atoms with Crippen LogP contribution in [-0.4, -0.2) is 35.8 Å². The van der Waals surface area contributed by atoms with Gasteiger partial charge in [-0.1, -0.05) is 32.0 Å². The van der Waals surface area contributed by atoms with Crippen LogP contribution in [0, 0.1) is 37.5 Å². The van der Waals surface area contributed by atoms with Gasteiger partial charge in [0, 0.05) is 31.5 Å². The first-order chi connectivity index (χ1) is 12.8. The van der Waals surface area contributed by atoms with Gasteiger partial charge >= 0.3 is 0 Å². The van der Waals surface area contributed by atoms with E-state index < -0.39 is 0 Å². The van der Waals surface area contributed by atoms with Gasteiger partial charge in [-0.05, 0) is 67.1 Å². The third kappa shape index (κ3) is 3.63. The molecule has 1 unspecified atom stereocenters. The highest BCUT2D eigenvalue weighted by atomic mass is 16.2. The van der Waals surface area contributed by atoms with E-state index >= 15 is 0 Å². The Morgan fingerprint density at radius 1 is 1.11 bits per heavy atom. The van der Waals surface area contributed by atoms with Crippen molar-refractivity contribution in [1.29, 1.82) is 0 Å². The molecule has 1 heterocycles. The van der Waals surface area contributed by atoms with Gasteiger partial charge in [0.25, 0.3) is 0 Å². The zero-order valence-corrected chi connectivity index (χ0v) is 17.0. The molecule has 4 nitrogen and oxygen atoms in total. The average Bonchev–Trinajstić information content (AvgIpc) is 3.05. The van der Waals surface area contributed by atoms with E-state index in [0.717, 1.165) is 25.9 Å². The van der Waals surface area contributed by atoms with E-state index in [9.17, 15) is 9.59 Å². The van der Waals surface area contributed by atoms with Gasteiger partial charge in [-0.2, -0.15) is 0 Å². The standard InChI is InChI=1S/C23H32N2O2/c1-13(2)7-21(26)24-18-9-17(10-18)23(27)25-11-19-20(12-25)22(19)16-6-5-14(3)15(4)8-16/h5-6,8,13,17-20,22H,7,9-12H2,1-4H3,(H,24,26)/t17?,18?,19-,20+,22?. The Hall–Kier alpha value is -1.84. The van der Waals surface area contributed by atoms with Crippen LogP contribution in [0.1, 0.15) is 55.7 Å². The maximum absolute atomic E-state index is 12.8. The Morgan fingerprint density at radius 2 is 1.78 bits per heavy atom. The zero-order chi connectivity index (χ0) is 19.3. The van der Waals surface area contributed by atoms with E-state index in [1.165, 1.54) is 16.7 Å². The molecule has 1 aromatic rings. The molecule has 0 bridgehead atoms. The number of benzene rings is 1. The van der Waals surface area contributed by atoms with Crippen molar-refractivity contribution in [2.45, 2.75) is 58.9 Å². The van der Waals surface area contributed by atoms with Crippen LogP contribution in [0.15, 0.2) is 18.2 Å². The second kappa shape index (κ2) is 6.96. The highest BCUT2D eigenvalue weighted by Crippen LogP contribution is 2.58. The van der Waals surface area contributed by atoms with Crippen molar-refractivity contribution in [2.75, 3.05) is 13.1 Å². The summed E-state index contributed by atoms with van der Waals surface area (Å²) in [5.41, 5.74) is 4.17. The number of likely N-dealkylation sites (tertiary alicyclic amines) is 1. The highest BCUT2D eigenvalue weighted by Gasteiger charge is 2.57. The van der Waals surface area contributed by atoms with Crippen LogP contribution >= 0.6 is 0 Å². The van der Waals surface area contributed by atoms with Crippen LogP contribution in [-0.2, 0) is 9.59 Å². The number of carbonyl (C=O) groups excluding carboxylic acids is 2. The van der Waals surface area contributed by atoms with Gasteiger partial charge < -0.3 is 10.2 Å². The number of amides is 2. The molecule has 4 rings (SSSR count). The van der Waals surface area contributed by atoms with Crippen LogP contribution < -0.4 is 5.32 Å². The molecule has 1 saturated heterocycles. The summed E-state index contributed by atoms with van der Waals surface area (Å²) in [5, 5.41) is 3.07. The molecule has 1 aromatic carbocycles. The fourth-order valence-electron chi connectivity index (χ4n) is 5.03. The minimum atomic E-state index is 0.118. The van der Waals surface area contributed by atoms with Crippen molar-refractivity contribution in [1.82, 2.24) is 10.2 Å². The number of nitrogens with one attached hydrogen (secondary N) is 1. The van der Waals surface area contributed by atoms with Gasteiger partial charge in [0.2, 0.25) is 11.8 Å². The van der Waals surface area contributed by atoms with E-state index in [-0.39, 0.29) is 17.9 Å². The molecule has 0 spiro atoms. The number of rotatable bonds is 5. The van der Waals surface area contributed by atoms with Crippen LogP contribution in [0.5, 0.6) is 0 Å². The maximum atomic E-state index is 12.8. The minimum Gasteiger partial charge on any atom is -0.353 e. The summed E-state index contributed by atoms with van der Waals surface area (Å²) in [5.74, 6) is 2.89. The van der Waals surface area contributed by atoms with Crippen molar-refractivity contribution < 1.29 is 9.59 Å². The first-order valence-corrected chi connectivity index (χ1v) is 10.5. The van der Waals surface area contributed by atoms with Crippen molar-refractivity contribution in [3.8, 4) is 0 Å². The van der Waals surface area contributed by atoms with E-state index in [2.05, 4.69) is 56.1 Å². The summed E-state index contributed by atoms with van der Waals surface area (Å²) in [6.45, 7) is 10.3. The third-order valence-corrected chi connectivity index (χ3v) is 6.87. The number of nitrogens with zero attached hydrogens (tertiary/aromatic N) is 1. The van der Waals surface area contributed by atoms with Gasteiger partial charge in [-0.25, -0.2) is 0 Å². The largest absolute Gasteiger partial charge is 0.353 e. The van der Waals surface area contributed by atoms with E-state index in [1.54, 1.807) is 0 Å². The number of aryl methyl sites for hydroxylation is 2. The fourth-order valence-corrected chi connectivity index (χ4v) is 5.03. The predicted molar refractivity (Wildman–Crippen MR) is 106 cm³/mol. The monoisotopic (exact) mass is 368 g/mol. The lowest BCUT2D eigenvalue weighted by Crippen LogP contribution is -2.50. The predicted octanol–water partition coefficient (Wildman–Crippen LogP) is 3.42. The molecule has 3 aliphatic rings. The summed E-state index contributed by atoms with van der Waals surface area (Å²) in [6.07, 6.45) is 2.20. The van der Waals surface area contributed by atoms with Gasteiger partial charge in [0.05, 0.1) is 0 Å². The van der Waals surface area contributed by atoms with Gasteiger partial charge in [0.1, 0.15) is 0 Å². The smallest absolute Gasteiger partial charge is 0.225 e. The summed E-state index contributed by atoms with van der Waals surface area (Å²) < 4.78 is 0. The molecular weight excluding hydrogens is 336 g/mol. The van der Waals surface area contributed by atoms with Gasteiger partial charge in [-0.3, -0.25) is 9.59 Å². The van der Waals surface area contributed by atoms with E-state index in [1.807, 2.05) is 0 Å². The topological polar surface area (TPSA) is 49.4 Å². The van der Waals surface area contributed by atoms with Crippen LogP contribution in [0.3, 0.4) is 0 Å². The molecule has 1 N–H and O–H groups in total. The Kier molecular flexibility index (Phi) is 4.77. The van der Waals surface area contributed by atoms with Crippen molar-refractivity contribution in [3.05, 3.63) is 34.9 Å². The van der Waals surface area contributed by atoms with Crippen molar-refractivity contribution in [2.24, 2.45) is 23.7 Å². The molecule has 146 valence electrons. The Labute approximate surface area is 162 Å². The summed E-state index contributed by atoms with van der Waals surface area (Å²) >= 11 is 0. The lowest BCUT2D eigenvalue weighted by atomic mass is 9.79. The SMILES string of the molecule is Cc1ccc(C2[C@H]3CN(C(=O)C4CC(NC(=O)CC(C)C)C4)C[C@@H]23)cc1C. The van der Waals surface area contributed by atoms with Gasteiger partial charge in [0.15, 0.2) is 0 Å². The summed E-state index contributed by atoms with van der Waals surface area (Å²) in [6, 6.07) is 7.03. The lowest BCUT2D eigenvalue weighted by molar-refractivity contribution is -0.139. The zero-order valence-electron chi connectivity index (χ0n) is 17.0. The number of fused-ring (bicyclic) bond motifs is 1. The highest BCUT2D eigenvalue weighted by molar-refractivity contribution is 5.81. The van der Waals surface area contributed by atoms with Gasteiger partial charge in [-0.15, -0.1) is 0 Å². The molecule has 0 radical (unpaired) electrons. The van der Waals surface area contributed by atoms with E-state index in [0.29, 0.717) is 36.0 Å². The maximum Gasteiger partial charge on any atom is 0.225 e. The summed E-state index contributed by atoms with van der Waals surface area (Å²) in [4.78, 5) is 26.7. The molecule has 0 aromatic heterocycles. The summed E-state index contributed by atoms with van der Waals surface area (Å²) in [7, 11) is 0. The quantitative estimate of drug-likeness (QED) is 0.866. The second-order valence-corrected chi connectivity index (χ2v) is 9.47. The fraction of sp³-hybridized carbons (Fsp3) is 0.652. The average molecular weight is 369 g/mol. The minimum absolute atomic E-state index is 0.118. The van der Waals surface area contributed by atoms with Crippen molar-refractivity contribution in [3.63, 3.8) is 0 Å². The van der Waals surface area contributed by atoms with Crippen LogP contribution in [0.25, 0.3) is 0 Å². The molecule has 3 atom stereocenters. The molecule has 4 heteroatoms. The normalized spacial score (nSPS) is 31.4. The van der Waals surface area contributed by atoms with Crippen molar-refractivity contribution >= 4 is 11.8 Å². The number of hydrogen-bond acceptors (Lipinski definition) is 2. The molecule has 2 aliphatic carbocycles. The number of carbonyl (C=O) groups is 2. The molecule has 1 aliphatic heterocycles. The number of hydrogen-bond donors (Lipinski definition) is 1. The van der Waals surface area contributed by atoms with Crippen LogP contribution in [0.4, 0.5) is 0 Å². The first kappa shape index (κ1) is 18.5. The third-order valence-electron chi connectivity index (χ3n) is 6.87. The molecular formula is C23H32N2O2.